The zero-order valence-corrected chi connectivity index (χ0v) is 15.5. The number of benzene rings is 1. The number of nitrogens with zero attached hydrogens (tertiary/aromatic N) is 4. The Balaban J connectivity index is 1.65. The highest BCUT2D eigenvalue weighted by molar-refractivity contribution is 6.31. The van der Waals surface area contributed by atoms with E-state index in [1.807, 2.05) is 6.92 Å². The van der Waals surface area contributed by atoms with Gasteiger partial charge in [-0.1, -0.05) is 17.7 Å². The van der Waals surface area contributed by atoms with E-state index in [4.69, 9.17) is 11.6 Å². The van der Waals surface area contributed by atoms with E-state index in [1.54, 1.807) is 42.2 Å². The average molecular weight is 374 g/mol. The van der Waals surface area contributed by atoms with Gasteiger partial charge in [-0.2, -0.15) is 0 Å². The van der Waals surface area contributed by atoms with Crippen LogP contribution in [0.4, 0.5) is 11.5 Å². The van der Waals surface area contributed by atoms with Gasteiger partial charge in [0.05, 0.1) is 0 Å². The maximum absolute atomic E-state index is 12.4. The smallest absolute Gasteiger partial charge is 0.276 e. The topological polar surface area (TPSA) is 78.4 Å². The Morgan fingerprint density at radius 1 is 1.08 bits per heavy atom. The molecule has 2 amide bonds. The van der Waals surface area contributed by atoms with E-state index < -0.39 is 0 Å². The Kier molecular flexibility index (Phi) is 5.37. The maximum Gasteiger partial charge on any atom is 0.276 e. The summed E-state index contributed by atoms with van der Waals surface area (Å²) in [6.07, 6.45) is 0. The fraction of sp³-hybridized carbons (Fsp3) is 0.333. The van der Waals surface area contributed by atoms with Crippen molar-refractivity contribution in [3.8, 4) is 0 Å². The molecule has 1 saturated heterocycles. The van der Waals surface area contributed by atoms with Gasteiger partial charge in [0.25, 0.3) is 5.91 Å². The monoisotopic (exact) mass is 373 g/mol. The number of rotatable bonds is 3. The quantitative estimate of drug-likeness (QED) is 0.893. The highest BCUT2D eigenvalue weighted by Crippen LogP contribution is 2.23. The number of hydrogen-bond donors (Lipinski definition) is 1. The van der Waals surface area contributed by atoms with E-state index in [9.17, 15) is 9.59 Å². The van der Waals surface area contributed by atoms with Crippen molar-refractivity contribution in [2.75, 3.05) is 36.4 Å². The van der Waals surface area contributed by atoms with Crippen LogP contribution in [-0.2, 0) is 4.79 Å². The van der Waals surface area contributed by atoms with Crippen molar-refractivity contribution in [2.24, 2.45) is 0 Å². The first-order valence-electron chi connectivity index (χ1n) is 8.36. The van der Waals surface area contributed by atoms with E-state index in [1.165, 1.54) is 0 Å². The van der Waals surface area contributed by atoms with Gasteiger partial charge >= 0.3 is 0 Å². The van der Waals surface area contributed by atoms with Gasteiger partial charge in [0, 0.05) is 43.8 Å². The zero-order valence-electron chi connectivity index (χ0n) is 14.7. The molecule has 1 fully saturated rings. The zero-order chi connectivity index (χ0) is 18.7. The van der Waals surface area contributed by atoms with Gasteiger partial charge in [0.2, 0.25) is 5.91 Å². The SMILES string of the molecule is CC(=O)N1CCN(c2ccc(C(=O)Nc3cccc(Cl)c3C)nn2)CC1. The molecular weight excluding hydrogens is 354 g/mol. The number of anilines is 2. The lowest BCUT2D eigenvalue weighted by Crippen LogP contribution is -2.48. The number of aromatic nitrogens is 2. The summed E-state index contributed by atoms with van der Waals surface area (Å²) in [7, 11) is 0. The second-order valence-corrected chi connectivity index (χ2v) is 6.54. The fourth-order valence-electron chi connectivity index (χ4n) is 2.79. The molecule has 1 aliphatic rings. The lowest BCUT2D eigenvalue weighted by atomic mass is 10.2. The summed E-state index contributed by atoms with van der Waals surface area (Å²) in [4.78, 5) is 27.6. The molecule has 26 heavy (non-hydrogen) atoms. The number of carbonyl (C=O) groups excluding carboxylic acids is 2. The minimum Gasteiger partial charge on any atom is -0.352 e. The fourth-order valence-corrected chi connectivity index (χ4v) is 2.97. The second-order valence-electron chi connectivity index (χ2n) is 6.14. The molecule has 0 bridgehead atoms. The van der Waals surface area contributed by atoms with E-state index in [0.717, 1.165) is 5.56 Å². The highest BCUT2D eigenvalue weighted by atomic mass is 35.5. The summed E-state index contributed by atoms with van der Waals surface area (Å²) < 4.78 is 0. The van der Waals surface area contributed by atoms with Crippen LogP contribution in [0.25, 0.3) is 0 Å². The Morgan fingerprint density at radius 2 is 1.81 bits per heavy atom. The molecule has 1 N–H and O–H groups in total. The van der Waals surface area contributed by atoms with Crippen LogP contribution in [0.3, 0.4) is 0 Å². The number of nitrogens with one attached hydrogen (secondary N) is 1. The number of hydrogen-bond acceptors (Lipinski definition) is 5. The van der Waals surface area contributed by atoms with Gasteiger partial charge in [-0.15, -0.1) is 10.2 Å². The summed E-state index contributed by atoms with van der Waals surface area (Å²) in [5, 5.41) is 11.6. The first-order chi connectivity index (χ1) is 12.5. The first-order valence-corrected chi connectivity index (χ1v) is 8.74. The van der Waals surface area contributed by atoms with Crippen LogP contribution in [0.15, 0.2) is 30.3 Å². The normalized spacial score (nSPS) is 14.3. The molecule has 0 unspecified atom stereocenters. The summed E-state index contributed by atoms with van der Waals surface area (Å²) in [6, 6.07) is 8.76. The molecule has 136 valence electrons. The third kappa shape index (κ3) is 3.94. The molecule has 0 saturated carbocycles. The molecule has 1 aliphatic heterocycles. The lowest BCUT2D eigenvalue weighted by molar-refractivity contribution is -0.129. The number of amides is 2. The maximum atomic E-state index is 12.4. The Bertz CT molecular complexity index is 817. The van der Waals surface area contributed by atoms with Crippen molar-refractivity contribution in [1.82, 2.24) is 15.1 Å². The minimum atomic E-state index is -0.337. The minimum absolute atomic E-state index is 0.0825. The molecule has 3 rings (SSSR count). The number of halogens is 1. The average Bonchev–Trinajstić information content (AvgIpc) is 2.65. The van der Waals surface area contributed by atoms with Gasteiger partial charge < -0.3 is 15.1 Å². The second kappa shape index (κ2) is 7.70. The Labute approximate surface area is 157 Å². The molecule has 0 radical (unpaired) electrons. The summed E-state index contributed by atoms with van der Waals surface area (Å²) in [5.74, 6) is 0.443. The van der Waals surface area contributed by atoms with Gasteiger partial charge in [0.1, 0.15) is 0 Å². The molecule has 8 heteroatoms. The summed E-state index contributed by atoms with van der Waals surface area (Å²) >= 11 is 6.07. The molecule has 0 aliphatic carbocycles. The van der Waals surface area contributed by atoms with Gasteiger partial charge in [-0.25, -0.2) is 0 Å². The van der Waals surface area contributed by atoms with Crippen molar-refractivity contribution >= 4 is 34.9 Å². The summed E-state index contributed by atoms with van der Waals surface area (Å²) in [5.41, 5.74) is 1.68. The number of piperazine rings is 1. The van der Waals surface area contributed by atoms with Gasteiger partial charge in [-0.05, 0) is 36.8 Å². The molecule has 7 nitrogen and oxygen atoms in total. The molecule has 2 heterocycles. The molecule has 1 aromatic carbocycles. The predicted octanol–water partition coefficient (Wildman–Crippen LogP) is 2.36. The van der Waals surface area contributed by atoms with Crippen LogP contribution in [0.1, 0.15) is 23.0 Å². The number of carbonyl (C=O) groups is 2. The van der Waals surface area contributed by atoms with E-state index in [2.05, 4.69) is 20.4 Å². The summed E-state index contributed by atoms with van der Waals surface area (Å²) in [6.45, 7) is 6.13. The van der Waals surface area contributed by atoms with Crippen LogP contribution in [0.2, 0.25) is 5.02 Å². The third-order valence-electron chi connectivity index (χ3n) is 4.45. The van der Waals surface area contributed by atoms with Crippen molar-refractivity contribution in [2.45, 2.75) is 13.8 Å². The first kappa shape index (κ1) is 18.1. The standard InChI is InChI=1S/C18H20ClN5O2/c1-12-14(19)4-3-5-15(12)20-18(26)16-6-7-17(22-21-16)24-10-8-23(9-11-24)13(2)25/h3-7H,8-11H2,1-2H3,(H,20,26). The highest BCUT2D eigenvalue weighted by Gasteiger charge is 2.20. The molecule has 0 atom stereocenters. The van der Waals surface area contributed by atoms with Gasteiger partial charge in [-0.3, -0.25) is 9.59 Å². The van der Waals surface area contributed by atoms with Crippen LogP contribution in [0, 0.1) is 6.92 Å². The molecule has 2 aromatic rings. The van der Waals surface area contributed by atoms with Gasteiger partial charge in [0.15, 0.2) is 11.5 Å². The third-order valence-corrected chi connectivity index (χ3v) is 4.86. The van der Waals surface area contributed by atoms with E-state index >= 15 is 0 Å². The Hall–Kier alpha value is -2.67. The van der Waals surface area contributed by atoms with Crippen LogP contribution >= 0.6 is 11.6 Å². The van der Waals surface area contributed by atoms with E-state index in [0.29, 0.717) is 42.7 Å². The lowest BCUT2D eigenvalue weighted by Gasteiger charge is -2.34. The predicted molar refractivity (Wildman–Crippen MR) is 101 cm³/mol. The molecular formula is C18H20ClN5O2. The van der Waals surface area contributed by atoms with Crippen molar-refractivity contribution in [3.05, 3.63) is 46.6 Å². The van der Waals surface area contributed by atoms with Crippen molar-refractivity contribution in [1.29, 1.82) is 0 Å². The van der Waals surface area contributed by atoms with Crippen molar-refractivity contribution in [3.63, 3.8) is 0 Å². The van der Waals surface area contributed by atoms with E-state index in [-0.39, 0.29) is 17.5 Å². The molecule has 0 spiro atoms. The molecule has 1 aromatic heterocycles. The largest absolute Gasteiger partial charge is 0.352 e. The van der Waals surface area contributed by atoms with Crippen molar-refractivity contribution < 1.29 is 9.59 Å². The van der Waals surface area contributed by atoms with Crippen LogP contribution in [-0.4, -0.2) is 53.1 Å². The van der Waals surface area contributed by atoms with Crippen LogP contribution in [0.5, 0.6) is 0 Å². The van der Waals surface area contributed by atoms with Crippen LogP contribution < -0.4 is 10.2 Å². The Morgan fingerprint density at radius 3 is 2.42 bits per heavy atom.